The maximum atomic E-state index is 14.2. The number of hydrogen-bond donors (Lipinski definition) is 2. The highest BCUT2D eigenvalue weighted by Crippen LogP contribution is 2.43. The molecule has 122 valence electrons. The number of rotatable bonds is 4. The van der Waals surface area contributed by atoms with Crippen LogP contribution < -0.4 is 5.73 Å². The number of alkyl halides is 1. The monoisotopic (exact) mass is 307 g/mol. The Morgan fingerprint density at radius 3 is 2.55 bits per heavy atom. The summed E-state index contributed by atoms with van der Waals surface area (Å²) in [5, 5.41) is 8.97. The molecule has 0 aliphatic heterocycles. The fourth-order valence-electron chi connectivity index (χ4n) is 3.56. The van der Waals surface area contributed by atoms with Gasteiger partial charge in [-0.1, -0.05) is 37.6 Å². The zero-order valence-electron chi connectivity index (χ0n) is 13.6. The van der Waals surface area contributed by atoms with Gasteiger partial charge in [0.1, 0.15) is 0 Å². The minimum absolute atomic E-state index is 0.0328. The Labute approximate surface area is 131 Å². The van der Waals surface area contributed by atoms with Gasteiger partial charge in [-0.05, 0) is 50.0 Å². The summed E-state index contributed by atoms with van der Waals surface area (Å²) in [6, 6.07) is 7.13. The predicted octanol–water partition coefficient (Wildman–Crippen LogP) is 3.75. The first-order valence-electron chi connectivity index (χ1n) is 7.96. The van der Waals surface area contributed by atoms with Crippen LogP contribution in [0.2, 0.25) is 0 Å². The van der Waals surface area contributed by atoms with Gasteiger partial charge in [0.25, 0.3) is 0 Å². The SMILES string of the molecule is CC(N)C1CCCC(C)(c2ccc(C(C)(F)C(=O)O)cc2)C1. The van der Waals surface area contributed by atoms with Crippen molar-refractivity contribution in [3.05, 3.63) is 35.4 Å². The molecule has 1 aliphatic rings. The molecule has 0 radical (unpaired) electrons. The molecule has 4 unspecified atom stereocenters. The summed E-state index contributed by atoms with van der Waals surface area (Å²) >= 11 is 0. The van der Waals surface area contributed by atoms with E-state index in [1.165, 1.54) is 0 Å². The standard InChI is InChI=1S/C18H26FNO2/c1-12(20)13-5-4-10-17(2,11-13)14-6-8-15(9-7-14)18(3,19)16(21)22/h6-9,12-13H,4-5,10-11,20H2,1-3H3,(H,21,22). The quantitative estimate of drug-likeness (QED) is 0.890. The molecule has 0 bridgehead atoms. The number of carbonyl (C=O) groups is 1. The van der Waals surface area contributed by atoms with Gasteiger partial charge in [-0.15, -0.1) is 0 Å². The number of aliphatic carboxylic acids is 1. The second-order valence-electron chi connectivity index (χ2n) is 7.16. The van der Waals surface area contributed by atoms with Crippen LogP contribution in [0.4, 0.5) is 4.39 Å². The van der Waals surface area contributed by atoms with Crippen LogP contribution in [0.25, 0.3) is 0 Å². The van der Waals surface area contributed by atoms with E-state index in [0.29, 0.717) is 5.92 Å². The van der Waals surface area contributed by atoms with Gasteiger partial charge in [0, 0.05) is 11.6 Å². The molecule has 4 atom stereocenters. The number of carboxylic acid groups (broad SMARTS) is 1. The van der Waals surface area contributed by atoms with E-state index in [1.54, 1.807) is 12.1 Å². The van der Waals surface area contributed by atoms with Crippen molar-refractivity contribution in [1.82, 2.24) is 0 Å². The molecule has 0 saturated heterocycles. The first-order valence-corrected chi connectivity index (χ1v) is 7.96. The highest BCUT2D eigenvalue weighted by Gasteiger charge is 2.37. The maximum absolute atomic E-state index is 14.2. The van der Waals surface area contributed by atoms with Crippen LogP contribution in [0, 0.1) is 5.92 Å². The first-order chi connectivity index (χ1) is 10.2. The van der Waals surface area contributed by atoms with Crippen molar-refractivity contribution in [2.75, 3.05) is 0 Å². The molecular formula is C18H26FNO2. The van der Waals surface area contributed by atoms with Gasteiger partial charge in [-0.3, -0.25) is 0 Å². The van der Waals surface area contributed by atoms with Crippen molar-refractivity contribution in [1.29, 1.82) is 0 Å². The topological polar surface area (TPSA) is 63.3 Å². The fraction of sp³-hybridized carbons (Fsp3) is 0.611. The summed E-state index contributed by atoms with van der Waals surface area (Å²) in [5.41, 5.74) is 5.08. The third-order valence-electron chi connectivity index (χ3n) is 5.29. The van der Waals surface area contributed by atoms with Gasteiger partial charge in [0.15, 0.2) is 0 Å². The van der Waals surface area contributed by atoms with Gasteiger partial charge in [-0.25, -0.2) is 9.18 Å². The van der Waals surface area contributed by atoms with Crippen molar-refractivity contribution < 1.29 is 14.3 Å². The Hall–Kier alpha value is -1.42. The van der Waals surface area contributed by atoms with Crippen LogP contribution in [-0.2, 0) is 15.9 Å². The Balaban J connectivity index is 2.24. The third-order valence-corrected chi connectivity index (χ3v) is 5.29. The van der Waals surface area contributed by atoms with Crippen molar-refractivity contribution in [2.45, 2.75) is 63.6 Å². The molecule has 0 heterocycles. The van der Waals surface area contributed by atoms with Crippen molar-refractivity contribution in [2.24, 2.45) is 11.7 Å². The van der Waals surface area contributed by atoms with E-state index in [9.17, 15) is 9.18 Å². The molecule has 1 aromatic carbocycles. The minimum atomic E-state index is -2.35. The molecular weight excluding hydrogens is 281 g/mol. The zero-order chi connectivity index (χ0) is 16.5. The number of benzene rings is 1. The van der Waals surface area contributed by atoms with E-state index < -0.39 is 11.6 Å². The van der Waals surface area contributed by atoms with Gasteiger partial charge < -0.3 is 10.8 Å². The summed E-state index contributed by atoms with van der Waals surface area (Å²) in [6.45, 7) is 5.36. The summed E-state index contributed by atoms with van der Waals surface area (Å²) in [4.78, 5) is 11.0. The number of halogens is 1. The lowest BCUT2D eigenvalue weighted by molar-refractivity contribution is -0.150. The number of nitrogens with two attached hydrogens (primary N) is 1. The van der Waals surface area contributed by atoms with E-state index in [0.717, 1.165) is 38.2 Å². The smallest absolute Gasteiger partial charge is 0.345 e. The Bertz CT molecular complexity index is 539. The second-order valence-corrected chi connectivity index (χ2v) is 7.16. The maximum Gasteiger partial charge on any atom is 0.345 e. The normalized spacial score (nSPS) is 29.6. The highest BCUT2D eigenvalue weighted by molar-refractivity contribution is 5.78. The van der Waals surface area contributed by atoms with E-state index in [1.807, 2.05) is 12.1 Å². The molecule has 1 fully saturated rings. The lowest BCUT2D eigenvalue weighted by Gasteiger charge is -2.40. The zero-order valence-corrected chi connectivity index (χ0v) is 13.6. The molecule has 22 heavy (non-hydrogen) atoms. The Morgan fingerprint density at radius 1 is 1.45 bits per heavy atom. The summed E-state index contributed by atoms with van der Waals surface area (Å²) in [7, 11) is 0. The first kappa shape index (κ1) is 16.9. The lowest BCUT2D eigenvalue weighted by atomic mass is 9.65. The average Bonchev–Trinajstić information content (AvgIpc) is 2.47. The summed E-state index contributed by atoms with van der Waals surface area (Å²) < 4.78 is 14.2. The van der Waals surface area contributed by atoms with Gasteiger partial charge in [0.2, 0.25) is 5.67 Å². The molecule has 3 nitrogen and oxygen atoms in total. The second kappa shape index (κ2) is 5.99. The summed E-state index contributed by atoms with van der Waals surface area (Å²) in [5.74, 6) is -0.954. The van der Waals surface area contributed by atoms with Crippen LogP contribution in [0.5, 0.6) is 0 Å². The van der Waals surface area contributed by atoms with Crippen LogP contribution >= 0.6 is 0 Å². The minimum Gasteiger partial charge on any atom is -0.479 e. The molecule has 1 aliphatic carbocycles. The fourth-order valence-corrected chi connectivity index (χ4v) is 3.56. The summed E-state index contributed by atoms with van der Waals surface area (Å²) in [6.07, 6.45) is 4.41. The van der Waals surface area contributed by atoms with Gasteiger partial charge >= 0.3 is 5.97 Å². The molecule has 0 spiro atoms. The Morgan fingerprint density at radius 2 is 2.05 bits per heavy atom. The molecule has 1 saturated carbocycles. The lowest BCUT2D eigenvalue weighted by Crippen LogP contribution is -2.37. The molecule has 2 rings (SSSR count). The molecule has 4 heteroatoms. The van der Waals surface area contributed by atoms with Crippen molar-refractivity contribution in [3.8, 4) is 0 Å². The van der Waals surface area contributed by atoms with Crippen molar-refractivity contribution in [3.63, 3.8) is 0 Å². The average molecular weight is 307 g/mol. The van der Waals surface area contributed by atoms with E-state index in [4.69, 9.17) is 10.8 Å². The third kappa shape index (κ3) is 3.17. The van der Waals surface area contributed by atoms with Crippen LogP contribution in [-0.4, -0.2) is 17.1 Å². The molecule has 0 amide bonds. The number of carboxylic acids is 1. The number of hydrogen-bond acceptors (Lipinski definition) is 2. The van der Waals surface area contributed by atoms with Crippen molar-refractivity contribution >= 4 is 5.97 Å². The predicted molar refractivity (Wildman–Crippen MR) is 85.5 cm³/mol. The Kier molecular flexibility index (Phi) is 4.62. The van der Waals surface area contributed by atoms with Crippen LogP contribution in [0.3, 0.4) is 0 Å². The van der Waals surface area contributed by atoms with E-state index in [2.05, 4.69) is 13.8 Å². The van der Waals surface area contributed by atoms with Gasteiger partial charge in [0.05, 0.1) is 0 Å². The largest absolute Gasteiger partial charge is 0.479 e. The van der Waals surface area contributed by atoms with Crippen LogP contribution in [0.1, 0.15) is 57.6 Å². The van der Waals surface area contributed by atoms with Crippen LogP contribution in [0.15, 0.2) is 24.3 Å². The van der Waals surface area contributed by atoms with Gasteiger partial charge in [-0.2, -0.15) is 0 Å². The molecule has 0 aromatic heterocycles. The van der Waals surface area contributed by atoms with E-state index >= 15 is 0 Å². The molecule has 3 N–H and O–H groups in total. The highest BCUT2D eigenvalue weighted by atomic mass is 19.1. The van der Waals surface area contributed by atoms with E-state index in [-0.39, 0.29) is 17.0 Å². The molecule has 1 aromatic rings.